The Morgan fingerprint density at radius 2 is 1.81 bits per heavy atom. The first kappa shape index (κ1) is 15.6. The maximum Gasteiger partial charge on any atom is 0.122 e. The number of hydrogen-bond acceptors (Lipinski definition) is 2. The van der Waals surface area contributed by atoms with Crippen LogP contribution in [0.2, 0.25) is 0 Å². The van der Waals surface area contributed by atoms with Crippen LogP contribution in [-0.2, 0) is 6.42 Å². The van der Waals surface area contributed by atoms with Crippen LogP contribution in [0.1, 0.15) is 42.5 Å². The average Bonchev–Trinajstić information content (AvgIpc) is 2.49. The molecule has 0 aliphatic carbocycles. The molecule has 0 aliphatic rings. The SMILES string of the molecule is Cc1cc([C@@H](C)N)ccc1OCCCCc1ccccc1. The first-order valence-corrected chi connectivity index (χ1v) is 7.69. The quantitative estimate of drug-likeness (QED) is 0.764. The van der Waals surface area contributed by atoms with Gasteiger partial charge < -0.3 is 10.5 Å². The molecular formula is C19H25NO. The van der Waals surface area contributed by atoms with Crippen LogP contribution in [0.25, 0.3) is 0 Å². The summed E-state index contributed by atoms with van der Waals surface area (Å²) in [5, 5.41) is 0. The summed E-state index contributed by atoms with van der Waals surface area (Å²) < 4.78 is 5.87. The maximum atomic E-state index is 5.89. The van der Waals surface area contributed by atoms with Gasteiger partial charge in [0.15, 0.2) is 0 Å². The second-order valence-electron chi connectivity index (χ2n) is 5.60. The summed E-state index contributed by atoms with van der Waals surface area (Å²) in [4.78, 5) is 0. The van der Waals surface area contributed by atoms with Crippen molar-refractivity contribution in [2.45, 2.75) is 39.2 Å². The van der Waals surface area contributed by atoms with E-state index in [9.17, 15) is 0 Å². The topological polar surface area (TPSA) is 35.2 Å². The van der Waals surface area contributed by atoms with E-state index in [1.54, 1.807) is 0 Å². The van der Waals surface area contributed by atoms with Crippen molar-refractivity contribution in [1.82, 2.24) is 0 Å². The number of ether oxygens (including phenoxy) is 1. The third kappa shape index (κ3) is 4.91. The first-order chi connectivity index (χ1) is 10.2. The average molecular weight is 283 g/mol. The fourth-order valence-electron chi connectivity index (χ4n) is 2.38. The molecule has 0 radical (unpaired) electrons. The number of hydrogen-bond donors (Lipinski definition) is 1. The van der Waals surface area contributed by atoms with E-state index in [2.05, 4.69) is 49.4 Å². The van der Waals surface area contributed by atoms with Crippen molar-refractivity contribution < 1.29 is 4.74 Å². The van der Waals surface area contributed by atoms with Crippen molar-refractivity contribution in [2.75, 3.05) is 6.61 Å². The van der Waals surface area contributed by atoms with E-state index in [0.717, 1.165) is 42.7 Å². The second kappa shape index (κ2) is 7.84. The molecule has 0 amide bonds. The highest BCUT2D eigenvalue weighted by atomic mass is 16.5. The fraction of sp³-hybridized carbons (Fsp3) is 0.368. The van der Waals surface area contributed by atoms with Gasteiger partial charge in [-0.2, -0.15) is 0 Å². The van der Waals surface area contributed by atoms with E-state index < -0.39 is 0 Å². The molecule has 0 fully saturated rings. The van der Waals surface area contributed by atoms with Crippen LogP contribution in [0.4, 0.5) is 0 Å². The summed E-state index contributed by atoms with van der Waals surface area (Å²) >= 11 is 0. The lowest BCUT2D eigenvalue weighted by atomic mass is 10.1. The molecule has 2 aromatic carbocycles. The molecule has 2 heteroatoms. The molecule has 2 rings (SSSR count). The maximum absolute atomic E-state index is 5.89. The molecule has 2 aromatic rings. The normalized spacial score (nSPS) is 12.1. The Kier molecular flexibility index (Phi) is 5.82. The van der Waals surface area contributed by atoms with Gasteiger partial charge in [-0.3, -0.25) is 0 Å². The minimum atomic E-state index is 0.0728. The van der Waals surface area contributed by atoms with Gasteiger partial charge in [0.2, 0.25) is 0 Å². The van der Waals surface area contributed by atoms with E-state index in [1.807, 2.05) is 13.0 Å². The van der Waals surface area contributed by atoms with Crippen molar-refractivity contribution in [3.05, 3.63) is 65.2 Å². The highest BCUT2D eigenvalue weighted by Crippen LogP contribution is 2.22. The van der Waals surface area contributed by atoms with Crippen LogP contribution in [0.15, 0.2) is 48.5 Å². The van der Waals surface area contributed by atoms with Crippen LogP contribution in [0.3, 0.4) is 0 Å². The minimum absolute atomic E-state index is 0.0728. The predicted molar refractivity (Wildman–Crippen MR) is 88.7 cm³/mol. The Morgan fingerprint density at radius 1 is 1.05 bits per heavy atom. The lowest BCUT2D eigenvalue weighted by Gasteiger charge is -2.12. The Morgan fingerprint density at radius 3 is 2.48 bits per heavy atom. The molecule has 0 aromatic heterocycles. The van der Waals surface area contributed by atoms with Crippen molar-refractivity contribution in [3.63, 3.8) is 0 Å². The molecule has 0 unspecified atom stereocenters. The lowest BCUT2D eigenvalue weighted by molar-refractivity contribution is 0.305. The highest BCUT2D eigenvalue weighted by molar-refractivity contribution is 5.37. The molecule has 2 N–H and O–H groups in total. The van der Waals surface area contributed by atoms with Crippen LogP contribution in [0, 0.1) is 6.92 Å². The molecule has 0 saturated heterocycles. The third-order valence-electron chi connectivity index (χ3n) is 3.68. The van der Waals surface area contributed by atoms with Gasteiger partial charge in [0.05, 0.1) is 6.61 Å². The Labute approximate surface area is 127 Å². The summed E-state index contributed by atoms with van der Waals surface area (Å²) in [5.41, 5.74) is 9.60. The fourth-order valence-corrected chi connectivity index (χ4v) is 2.38. The summed E-state index contributed by atoms with van der Waals surface area (Å²) in [5.74, 6) is 0.971. The third-order valence-corrected chi connectivity index (χ3v) is 3.68. The number of aryl methyl sites for hydroxylation is 2. The lowest BCUT2D eigenvalue weighted by Crippen LogP contribution is -2.06. The molecule has 112 valence electrons. The van der Waals surface area contributed by atoms with Crippen LogP contribution >= 0.6 is 0 Å². The molecule has 0 saturated carbocycles. The molecule has 1 atom stereocenters. The van der Waals surface area contributed by atoms with Crippen molar-refractivity contribution in [1.29, 1.82) is 0 Å². The summed E-state index contributed by atoms with van der Waals surface area (Å²) in [6.45, 7) is 4.84. The van der Waals surface area contributed by atoms with Crippen LogP contribution < -0.4 is 10.5 Å². The van der Waals surface area contributed by atoms with Gasteiger partial charge in [-0.1, -0.05) is 42.5 Å². The first-order valence-electron chi connectivity index (χ1n) is 7.69. The van der Waals surface area contributed by atoms with E-state index in [1.165, 1.54) is 5.56 Å². The van der Waals surface area contributed by atoms with Crippen LogP contribution in [0.5, 0.6) is 5.75 Å². The molecular weight excluding hydrogens is 258 g/mol. The summed E-state index contributed by atoms with van der Waals surface area (Å²) in [7, 11) is 0. The smallest absolute Gasteiger partial charge is 0.122 e. The van der Waals surface area contributed by atoms with Crippen molar-refractivity contribution in [2.24, 2.45) is 5.73 Å². The number of benzene rings is 2. The summed E-state index contributed by atoms with van der Waals surface area (Å²) in [6, 6.07) is 16.9. The standard InChI is InChI=1S/C19H25NO/c1-15-14-18(16(2)20)11-12-19(15)21-13-7-6-10-17-8-4-3-5-9-17/h3-5,8-9,11-12,14,16H,6-7,10,13,20H2,1-2H3/t16-/m1/s1. The van der Waals surface area contributed by atoms with E-state index in [-0.39, 0.29) is 6.04 Å². The highest BCUT2D eigenvalue weighted by Gasteiger charge is 2.04. The molecule has 0 heterocycles. The van der Waals surface area contributed by atoms with Crippen molar-refractivity contribution >= 4 is 0 Å². The summed E-state index contributed by atoms with van der Waals surface area (Å²) in [6.07, 6.45) is 3.34. The largest absolute Gasteiger partial charge is 0.493 e. The van der Waals surface area contributed by atoms with E-state index in [0.29, 0.717) is 0 Å². The van der Waals surface area contributed by atoms with Gasteiger partial charge in [-0.25, -0.2) is 0 Å². The zero-order chi connectivity index (χ0) is 15.1. The predicted octanol–water partition coefficient (Wildman–Crippen LogP) is 4.42. The number of rotatable bonds is 7. The van der Waals surface area contributed by atoms with Crippen LogP contribution in [-0.4, -0.2) is 6.61 Å². The molecule has 0 spiro atoms. The number of unbranched alkanes of at least 4 members (excludes halogenated alkanes) is 1. The Balaban J connectivity index is 1.74. The minimum Gasteiger partial charge on any atom is -0.493 e. The second-order valence-corrected chi connectivity index (χ2v) is 5.60. The molecule has 21 heavy (non-hydrogen) atoms. The monoisotopic (exact) mass is 283 g/mol. The van der Waals surface area contributed by atoms with Gasteiger partial charge in [0.25, 0.3) is 0 Å². The van der Waals surface area contributed by atoms with Gasteiger partial charge in [0.1, 0.15) is 5.75 Å². The molecule has 0 bridgehead atoms. The van der Waals surface area contributed by atoms with Gasteiger partial charge in [-0.05, 0) is 55.9 Å². The zero-order valence-corrected chi connectivity index (χ0v) is 13.0. The number of nitrogens with two attached hydrogens (primary N) is 1. The Bertz CT molecular complexity index is 549. The zero-order valence-electron chi connectivity index (χ0n) is 13.0. The van der Waals surface area contributed by atoms with Gasteiger partial charge in [0, 0.05) is 6.04 Å². The Hall–Kier alpha value is -1.80. The molecule has 0 aliphatic heterocycles. The van der Waals surface area contributed by atoms with E-state index >= 15 is 0 Å². The van der Waals surface area contributed by atoms with E-state index in [4.69, 9.17) is 10.5 Å². The van der Waals surface area contributed by atoms with Gasteiger partial charge in [-0.15, -0.1) is 0 Å². The van der Waals surface area contributed by atoms with Gasteiger partial charge >= 0.3 is 0 Å². The van der Waals surface area contributed by atoms with Crippen molar-refractivity contribution in [3.8, 4) is 5.75 Å². The molecule has 2 nitrogen and oxygen atoms in total.